The Morgan fingerprint density at radius 1 is 0.885 bits per heavy atom. The van der Waals surface area contributed by atoms with Gasteiger partial charge in [-0.2, -0.15) is 0 Å². The smallest absolute Gasteiger partial charge is 0.195 e. The second-order valence-corrected chi connectivity index (χ2v) is 6.51. The maximum atomic E-state index is 12.1. The predicted molar refractivity (Wildman–Crippen MR) is 105 cm³/mol. The van der Waals surface area contributed by atoms with E-state index in [0.717, 1.165) is 41.8 Å². The molecule has 0 radical (unpaired) electrons. The molecule has 1 aromatic heterocycles. The molecule has 0 N–H and O–H groups in total. The highest BCUT2D eigenvalue weighted by Gasteiger charge is 2.17. The van der Waals surface area contributed by atoms with Crippen LogP contribution in [0.3, 0.4) is 0 Å². The number of unbranched alkanes of at least 4 members (excludes halogenated alkanes) is 2. The fraction of sp³-hybridized carbons (Fsp3) is 0.304. The van der Waals surface area contributed by atoms with Gasteiger partial charge < -0.3 is 4.42 Å². The van der Waals surface area contributed by atoms with E-state index in [2.05, 4.69) is 6.92 Å². The highest BCUT2D eigenvalue weighted by Crippen LogP contribution is 2.32. The second kappa shape index (κ2) is 9.14. The minimum atomic E-state index is 0.291. The van der Waals surface area contributed by atoms with Crippen molar-refractivity contribution in [2.24, 2.45) is 0 Å². The van der Waals surface area contributed by atoms with E-state index in [9.17, 15) is 4.79 Å². The number of carbonyl (C=O) groups excluding carboxylic acids is 1. The summed E-state index contributed by atoms with van der Waals surface area (Å²) in [5.41, 5.74) is 2.86. The van der Waals surface area contributed by atoms with E-state index in [1.54, 1.807) is 0 Å². The Labute approximate surface area is 155 Å². The van der Waals surface area contributed by atoms with Crippen molar-refractivity contribution in [1.29, 1.82) is 0 Å². The second-order valence-electron chi connectivity index (χ2n) is 6.51. The summed E-state index contributed by atoms with van der Waals surface area (Å²) in [6.07, 6.45) is 4.93. The number of Topliss-reactive ketones (excluding diaryl/α,β-unsaturated/α-hetero) is 1. The first kappa shape index (κ1) is 18.1. The minimum Gasteiger partial charge on any atom is -0.440 e. The molecule has 1 heterocycles. The molecule has 0 aliphatic rings. The lowest BCUT2D eigenvalue weighted by Crippen LogP contribution is -2.00. The molecule has 2 aromatic carbocycles. The molecule has 0 bridgehead atoms. The highest BCUT2D eigenvalue weighted by molar-refractivity contribution is 5.79. The standard InChI is InChI=1S/C23H25NO2/c1-2-3-6-15-20(25)16-17-21-24-22(18-11-7-4-8-12-18)23(26-21)19-13-9-5-10-14-19/h4-5,7-14H,2-3,6,15-17H2,1H3. The van der Waals surface area contributed by atoms with Crippen LogP contribution in [-0.4, -0.2) is 10.8 Å². The molecule has 3 rings (SSSR count). The first-order valence-electron chi connectivity index (χ1n) is 9.40. The van der Waals surface area contributed by atoms with Gasteiger partial charge >= 0.3 is 0 Å². The third kappa shape index (κ3) is 4.69. The third-order valence-corrected chi connectivity index (χ3v) is 4.43. The number of benzene rings is 2. The number of nitrogens with zero attached hydrogens (tertiary/aromatic N) is 1. The van der Waals surface area contributed by atoms with Gasteiger partial charge in [0.15, 0.2) is 11.7 Å². The monoisotopic (exact) mass is 347 g/mol. The van der Waals surface area contributed by atoms with Gasteiger partial charge in [-0.1, -0.05) is 80.4 Å². The van der Waals surface area contributed by atoms with Crippen LogP contribution in [0.25, 0.3) is 22.6 Å². The molecular weight excluding hydrogens is 322 g/mol. The summed E-state index contributed by atoms with van der Waals surface area (Å²) in [6.45, 7) is 2.15. The summed E-state index contributed by atoms with van der Waals surface area (Å²) in [7, 11) is 0. The van der Waals surface area contributed by atoms with Gasteiger partial charge in [0.2, 0.25) is 0 Å². The van der Waals surface area contributed by atoms with Gasteiger partial charge in [0, 0.05) is 30.4 Å². The summed E-state index contributed by atoms with van der Waals surface area (Å²) >= 11 is 0. The first-order chi connectivity index (χ1) is 12.8. The number of hydrogen-bond donors (Lipinski definition) is 0. The van der Waals surface area contributed by atoms with Gasteiger partial charge in [-0.25, -0.2) is 4.98 Å². The zero-order chi connectivity index (χ0) is 18.2. The summed E-state index contributed by atoms with van der Waals surface area (Å²) in [4.78, 5) is 16.8. The zero-order valence-corrected chi connectivity index (χ0v) is 15.3. The van der Waals surface area contributed by atoms with Crippen molar-refractivity contribution in [1.82, 2.24) is 4.98 Å². The molecule has 26 heavy (non-hydrogen) atoms. The molecular formula is C23H25NO2. The third-order valence-electron chi connectivity index (χ3n) is 4.43. The van der Waals surface area contributed by atoms with E-state index < -0.39 is 0 Å². The van der Waals surface area contributed by atoms with Gasteiger partial charge in [-0.05, 0) is 6.42 Å². The molecule has 0 amide bonds. The quantitative estimate of drug-likeness (QED) is 0.440. The number of rotatable bonds is 9. The SMILES string of the molecule is CCCCCC(=O)CCc1nc(-c2ccccc2)c(-c2ccccc2)o1. The number of oxazole rings is 1. The van der Waals surface area contributed by atoms with Crippen LogP contribution >= 0.6 is 0 Å². The highest BCUT2D eigenvalue weighted by atomic mass is 16.4. The molecule has 0 aliphatic heterocycles. The molecule has 0 saturated heterocycles. The zero-order valence-electron chi connectivity index (χ0n) is 15.3. The topological polar surface area (TPSA) is 43.1 Å². The minimum absolute atomic E-state index is 0.291. The molecule has 3 nitrogen and oxygen atoms in total. The molecule has 134 valence electrons. The molecule has 0 aliphatic carbocycles. The normalized spacial score (nSPS) is 10.8. The Bertz CT molecular complexity index is 765. The van der Waals surface area contributed by atoms with Gasteiger partial charge in [-0.3, -0.25) is 4.79 Å². The molecule has 3 heteroatoms. The average molecular weight is 347 g/mol. The van der Waals surface area contributed by atoms with E-state index in [-0.39, 0.29) is 0 Å². The van der Waals surface area contributed by atoms with E-state index in [1.165, 1.54) is 0 Å². The lowest BCUT2D eigenvalue weighted by Gasteiger charge is -2.00. The largest absolute Gasteiger partial charge is 0.440 e. The Kier molecular flexibility index (Phi) is 6.37. The van der Waals surface area contributed by atoms with Crippen molar-refractivity contribution >= 4 is 5.78 Å². The molecule has 0 fully saturated rings. The molecule has 0 spiro atoms. The molecule has 0 atom stereocenters. The average Bonchev–Trinajstić information content (AvgIpc) is 3.12. The predicted octanol–water partition coefficient (Wildman–Crippen LogP) is 6.09. The van der Waals surface area contributed by atoms with Gasteiger partial charge in [-0.15, -0.1) is 0 Å². The van der Waals surface area contributed by atoms with Gasteiger partial charge in [0.05, 0.1) is 0 Å². The van der Waals surface area contributed by atoms with E-state index >= 15 is 0 Å². The molecule has 0 unspecified atom stereocenters. The summed E-state index contributed by atoms with van der Waals surface area (Å²) in [6, 6.07) is 20.0. The van der Waals surface area contributed by atoms with Crippen LogP contribution in [0.2, 0.25) is 0 Å². The van der Waals surface area contributed by atoms with Crippen molar-refractivity contribution in [3.8, 4) is 22.6 Å². The number of hydrogen-bond acceptors (Lipinski definition) is 3. The van der Waals surface area contributed by atoms with Crippen molar-refractivity contribution in [2.45, 2.75) is 45.4 Å². The fourth-order valence-electron chi connectivity index (χ4n) is 2.99. The van der Waals surface area contributed by atoms with Crippen molar-refractivity contribution in [2.75, 3.05) is 0 Å². The Hall–Kier alpha value is -2.68. The van der Waals surface area contributed by atoms with E-state index in [0.29, 0.717) is 30.9 Å². The van der Waals surface area contributed by atoms with Crippen LogP contribution in [0.4, 0.5) is 0 Å². The van der Waals surface area contributed by atoms with Crippen molar-refractivity contribution in [3.05, 3.63) is 66.6 Å². The maximum absolute atomic E-state index is 12.1. The van der Waals surface area contributed by atoms with Crippen LogP contribution < -0.4 is 0 Å². The van der Waals surface area contributed by atoms with Gasteiger partial charge in [0.25, 0.3) is 0 Å². The number of carbonyl (C=O) groups is 1. The van der Waals surface area contributed by atoms with Crippen LogP contribution in [0.5, 0.6) is 0 Å². The number of aromatic nitrogens is 1. The number of aryl methyl sites for hydroxylation is 1. The van der Waals surface area contributed by atoms with Gasteiger partial charge in [0.1, 0.15) is 11.5 Å². The lowest BCUT2D eigenvalue weighted by molar-refractivity contribution is -0.119. The van der Waals surface area contributed by atoms with Crippen LogP contribution in [0, 0.1) is 0 Å². The summed E-state index contributed by atoms with van der Waals surface area (Å²) in [5.74, 6) is 1.69. The van der Waals surface area contributed by atoms with Crippen molar-refractivity contribution in [3.63, 3.8) is 0 Å². The number of ketones is 1. The van der Waals surface area contributed by atoms with Crippen LogP contribution in [0.1, 0.15) is 44.9 Å². The lowest BCUT2D eigenvalue weighted by atomic mass is 10.1. The van der Waals surface area contributed by atoms with Crippen LogP contribution in [-0.2, 0) is 11.2 Å². The molecule has 0 saturated carbocycles. The Balaban J connectivity index is 1.80. The molecule has 3 aromatic rings. The summed E-state index contributed by atoms with van der Waals surface area (Å²) < 4.78 is 6.07. The van der Waals surface area contributed by atoms with Crippen LogP contribution in [0.15, 0.2) is 65.1 Å². The Morgan fingerprint density at radius 2 is 1.54 bits per heavy atom. The van der Waals surface area contributed by atoms with E-state index in [1.807, 2.05) is 60.7 Å². The fourth-order valence-corrected chi connectivity index (χ4v) is 2.99. The first-order valence-corrected chi connectivity index (χ1v) is 9.40. The Morgan fingerprint density at radius 3 is 2.19 bits per heavy atom. The van der Waals surface area contributed by atoms with E-state index in [4.69, 9.17) is 9.40 Å². The maximum Gasteiger partial charge on any atom is 0.195 e. The summed E-state index contributed by atoms with van der Waals surface area (Å²) in [5, 5.41) is 0. The van der Waals surface area contributed by atoms with Crippen molar-refractivity contribution < 1.29 is 9.21 Å².